The average molecular weight is 1110 g/mol. The second-order valence-corrected chi connectivity index (χ2v) is 23.6. The van der Waals surface area contributed by atoms with E-state index in [-0.39, 0.29) is 12.5 Å². The zero-order chi connectivity index (χ0) is 57.2. The van der Waals surface area contributed by atoms with Crippen LogP contribution >= 0.6 is 0 Å². The molecule has 79 heavy (non-hydrogen) atoms. The van der Waals surface area contributed by atoms with Gasteiger partial charge in [-0.2, -0.15) is 0 Å². The van der Waals surface area contributed by atoms with Crippen molar-refractivity contribution in [3.8, 4) is 0 Å². The summed E-state index contributed by atoms with van der Waals surface area (Å²) in [6.45, 7) is 3.79. The third kappa shape index (κ3) is 48.0. The van der Waals surface area contributed by atoms with Crippen molar-refractivity contribution in [2.45, 2.75) is 365 Å². The molecule has 1 amide bonds. The number of carbonyl (C=O) groups is 1. The maximum absolute atomic E-state index is 13.1. The Kier molecular flexibility index (Phi) is 56.0. The van der Waals surface area contributed by atoms with Crippen LogP contribution in [-0.4, -0.2) is 87.5 Å². The van der Waals surface area contributed by atoms with Crippen LogP contribution in [0.1, 0.15) is 322 Å². The molecular weight excluding hydrogens is 983 g/mol. The second-order valence-electron chi connectivity index (χ2n) is 23.6. The number of hydrogen-bond acceptors (Lipinski definition) is 8. The molecular formula is C70H129NO8. The molecule has 9 nitrogen and oxygen atoms in total. The minimum Gasteiger partial charge on any atom is -0.394 e. The SMILES string of the molecule is CCCCCCC/C=C\C/C=C\C/C=C\CCCCCCCCCCCCCCCCC(=O)NC(COC1OC(CO)C(O)C(O)C1O)C(O)/C=C/CC/C=C/CCCCCCCCCCCCCCCCCCCCCCC. The first-order valence-corrected chi connectivity index (χ1v) is 34.0. The first-order chi connectivity index (χ1) is 38.8. The lowest BCUT2D eigenvalue weighted by atomic mass is 9.99. The van der Waals surface area contributed by atoms with Crippen LogP contribution in [0.15, 0.2) is 60.8 Å². The molecule has 1 aliphatic heterocycles. The van der Waals surface area contributed by atoms with Crippen molar-refractivity contribution in [2.24, 2.45) is 0 Å². The van der Waals surface area contributed by atoms with Gasteiger partial charge in [-0.3, -0.25) is 4.79 Å². The van der Waals surface area contributed by atoms with Crippen LogP contribution in [0.3, 0.4) is 0 Å². The van der Waals surface area contributed by atoms with Gasteiger partial charge in [-0.1, -0.05) is 306 Å². The molecule has 0 aromatic heterocycles. The lowest BCUT2D eigenvalue weighted by molar-refractivity contribution is -0.302. The molecule has 0 aliphatic carbocycles. The first-order valence-electron chi connectivity index (χ1n) is 34.0. The van der Waals surface area contributed by atoms with Gasteiger partial charge in [-0.25, -0.2) is 0 Å². The van der Waals surface area contributed by atoms with E-state index in [1.165, 1.54) is 250 Å². The van der Waals surface area contributed by atoms with Gasteiger partial charge in [0.25, 0.3) is 0 Å². The molecule has 7 atom stereocenters. The number of aliphatic hydroxyl groups is 5. The monoisotopic (exact) mass is 1110 g/mol. The van der Waals surface area contributed by atoms with Gasteiger partial charge in [-0.05, 0) is 70.6 Å². The number of carbonyl (C=O) groups excluding carboxylic acids is 1. The fourth-order valence-corrected chi connectivity index (χ4v) is 10.7. The minimum absolute atomic E-state index is 0.185. The van der Waals surface area contributed by atoms with Crippen LogP contribution in [0, 0.1) is 0 Å². The third-order valence-corrected chi connectivity index (χ3v) is 16.1. The topological polar surface area (TPSA) is 149 Å². The quantitative estimate of drug-likeness (QED) is 0.0261. The van der Waals surface area contributed by atoms with Crippen LogP contribution in [0.4, 0.5) is 0 Å². The molecule has 1 heterocycles. The highest BCUT2D eigenvalue weighted by atomic mass is 16.7. The smallest absolute Gasteiger partial charge is 0.220 e. The predicted octanol–water partition coefficient (Wildman–Crippen LogP) is 18.2. The van der Waals surface area contributed by atoms with Gasteiger partial charge >= 0.3 is 0 Å². The summed E-state index contributed by atoms with van der Waals surface area (Å²) in [5.74, 6) is -0.185. The molecule has 0 bridgehead atoms. The van der Waals surface area contributed by atoms with Gasteiger partial charge < -0.3 is 40.3 Å². The van der Waals surface area contributed by atoms with E-state index in [0.717, 1.165) is 51.4 Å². The molecule has 1 saturated heterocycles. The number of nitrogens with one attached hydrogen (secondary N) is 1. The van der Waals surface area contributed by atoms with Gasteiger partial charge in [-0.15, -0.1) is 0 Å². The number of hydrogen-bond donors (Lipinski definition) is 6. The van der Waals surface area contributed by atoms with Crippen molar-refractivity contribution in [3.05, 3.63) is 60.8 Å². The summed E-state index contributed by atoms with van der Waals surface area (Å²) in [5, 5.41) is 54.7. The Morgan fingerprint density at radius 2 is 0.759 bits per heavy atom. The zero-order valence-corrected chi connectivity index (χ0v) is 51.6. The van der Waals surface area contributed by atoms with Gasteiger partial charge in [0.2, 0.25) is 5.91 Å². The van der Waals surface area contributed by atoms with Crippen LogP contribution < -0.4 is 5.32 Å². The Morgan fingerprint density at radius 1 is 0.430 bits per heavy atom. The van der Waals surface area contributed by atoms with Gasteiger partial charge in [0.1, 0.15) is 24.4 Å². The van der Waals surface area contributed by atoms with E-state index in [9.17, 15) is 30.3 Å². The van der Waals surface area contributed by atoms with Crippen molar-refractivity contribution in [3.63, 3.8) is 0 Å². The van der Waals surface area contributed by atoms with E-state index < -0.39 is 49.5 Å². The maximum Gasteiger partial charge on any atom is 0.220 e. The highest BCUT2D eigenvalue weighted by molar-refractivity contribution is 5.76. The second kappa shape index (κ2) is 59.1. The largest absolute Gasteiger partial charge is 0.394 e. The number of allylic oxidation sites excluding steroid dienone is 9. The van der Waals surface area contributed by atoms with Gasteiger partial charge in [0, 0.05) is 6.42 Å². The minimum atomic E-state index is -1.57. The van der Waals surface area contributed by atoms with E-state index in [1.807, 2.05) is 6.08 Å². The normalized spacial score (nSPS) is 18.9. The highest BCUT2D eigenvalue weighted by Crippen LogP contribution is 2.23. The molecule has 1 rings (SSSR count). The number of unbranched alkanes of at least 4 members (excludes halogenated alkanes) is 41. The lowest BCUT2D eigenvalue weighted by Crippen LogP contribution is -2.60. The van der Waals surface area contributed by atoms with Crippen LogP contribution in [0.5, 0.6) is 0 Å². The van der Waals surface area contributed by atoms with Crippen molar-refractivity contribution in [2.75, 3.05) is 13.2 Å². The summed E-state index contributed by atoms with van der Waals surface area (Å²) in [6.07, 6.45) is 74.6. The van der Waals surface area contributed by atoms with Gasteiger partial charge in [0.05, 0.1) is 25.4 Å². The number of aliphatic hydroxyl groups excluding tert-OH is 5. The number of ether oxygens (including phenoxy) is 2. The molecule has 7 unspecified atom stereocenters. The standard InChI is InChI=1S/C70H129NO8/c1-3-5-7-9-11-13-15-17-19-21-23-25-27-29-31-32-34-36-38-40-42-44-46-48-50-52-54-56-58-60-66(74)71-63(62-78-70-69(77)68(76)67(75)65(61-72)79-70)64(73)59-57-55-53-51-49-47-45-43-41-39-37-35-33-30-28-26-24-22-20-18-16-14-12-10-8-6-4-2/h15,17,21,23,27,29,49,51,57,59,63-65,67-70,72-73,75-77H,3-14,16,18-20,22,24-26,28,30-48,50,52-56,58,60-62H2,1-2H3,(H,71,74)/b17-15-,23-21-,29-27-,51-49+,59-57+. The van der Waals surface area contributed by atoms with E-state index >= 15 is 0 Å². The fourth-order valence-electron chi connectivity index (χ4n) is 10.7. The summed E-state index contributed by atoms with van der Waals surface area (Å²) in [6, 6.07) is -0.826. The summed E-state index contributed by atoms with van der Waals surface area (Å²) >= 11 is 0. The Labute approximate surface area is 487 Å². The maximum atomic E-state index is 13.1. The lowest BCUT2D eigenvalue weighted by Gasteiger charge is -2.40. The molecule has 9 heteroatoms. The molecule has 0 saturated carbocycles. The summed E-state index contributed by atoms with van der Waals surface area (Å²) < 4.78 is 11.3. The summed E-state index contributed by atoms with van der Waals surface area (Å²) in [5.41, 5.74) is 0. The van der Waals surface area contributed by atoms with E-state index in [1.54, 1.807) is 6.08 Å². The van der Waals surface area contributed by atoms with Gasteiger partial charge in [0.15, 0.2) is 6.29 Å². The van der Waals surface area contributed by atoms with E-state index in [4.69, 9.17) is 9.47 Å². The zero-order valence-electron chi connectivity index (χ0n) is 51.6. The average Bonchev–Trinajstić information content (AvgIpc) is 3.47. The molecule has 1 fully saturated rings. The van der Waals surface area contributed by atoms with Crippen molar-refractivity contribution < 1.29 is 39.8 Å². The molecule has 0 aromatic carbocycles. The molecule has 462 valence electrons. The Morgan fingerprint density at radius 3 is 1.15 bits per heavy atom. The van der Waals surface area contributed by atoms with Crippen LogP contribution in [-0.2, 0) is 14.3 Å². The predicted molar refractivity (Wildman–Crippen MR) is 336 cm³/mol. The van der Waals surface area contributed by atoms with Crippen molar-refractivity contribution in [1.82, 2.24) is 5.32 Å². The molecule has 1 aliphatic rings. The number of rotatable bonds is 59. The van der Waals surface area contributed by atoms with Crippen LogP contribution in [0.25, 0.3) is 0 Å². The summed E-state index contributed by atoms with van der Waals surface area (Å²) in [7, 11) is 0. The Balaban J connectivity index is 2.17. The fraction of sp³-hybridized carbons (Fsp3) is 0.843. The third-order valence-electron chi connectivity index (χ3n) is 16.1. The Hall–Kier alpha value is -2.11. The first kappa shape index (κ1) is 74.9. The van der Waals surface area contributed by atoms with E-state index in [2.05, 4.69) is 67.8 Å². The Bertz CT molecular complexity index is 1430. The highest BCUT2D eigenvalue weighted by Gasteiger charge is 2.44. The van der Waals surface area contributed by atoms with Crippen molar-refractivity contribution >= 4 is 5.91 Å². The number of amides is 1. The van der Waals surface area contributed by atoms with Crippen molar-refractivity contribution in [1.29, 1.82) is 0 Å². The molecule has 0 spiro atoms. The summed E-state index contributed by atoms with van der Waals surface area (Å²) in [4.78, 5) is 13.1. The molecule has 6 N–H and O–H groups in total. The van der Waals surface area contributed by atoms with Crippen LogP contribution in [0.2, 0.25) is 0 Å². The van der Waals surface area contributed by atoms with E-state index in [0.29, 0.717) is 6.42 Å². The molecule has 0 aromatic rings. The molecule has 0 radical (unpaired) electrons.